The summed E-state index contributed by atoms with van der Waals surface area (Å²) >= 11 is 0. The van der Waals surface area contributed by atoms with Crippen LogP contribution in [0.1, 0.15) is 12.0 Å². The number of rotatable bonds is 5. The molecule has 0 bridgehead atoms. The Morgan fingerprint density at radius 1 is 1.20 bits per heavy atom. The number of anilines is 1. The third kappa shape index (κ3) is 4.23. The minimum absolute atomic E-state index is 0.0504. The van der Waals surface area contributed by atoms with E-state index in [0.717, 1.165) is 0 Å². The van der Waals surface area contributed by atoms with Gasteiger partial charge in [-0.15, -0.1) is 0 Å². The topological polar surface area (TPSA) is 58.6 Å². The maximum Gasteiger partial charge on any atom is 0.228 e. The van der Waals surface area contributed by atoms with Crippen molar-refractivity contribution in [3.05, 3.63) is 47.9 Å². The van der Waals surface area contributed by atoms with E-state index < -0.39 is 0 Å². The molecule has 1 saturated heterocycles. The van der Waals surface area contributed by atoms with Crippen molar-refractivity contribution in [2.24, 2.45) is 0 Å². The number of methoxy groups -OCH3 is 1. The number of carbonyl (C=O) groups is 1. The van der Waals surface area contributed by atoms with Crippen molar-refractivity contribution in [1.29, 1.82) is 0 Å². The monoisotopic (exact) mass is 344 g/mol. The first-order chi connectivity index (χ1) is 12.2. The summed E-state index contributed by atoms with van der Waals surface area (Å²) < 4.78 is 18.7. The number of piperazine rings is 1. The lowest BCUT2D eigenvalue weighted by molar-refractivity contribution is -0.131. The molecule has 2 aromatic rings. The molecule has 1 aromatic carbocycles. The number of hydrogen-bond donors (Lipinski definition) is 0. The molecule has 0 radical (unpaired) electrons. The molecule has 7 heteroatoms. The number of amides is 1. The first-order valence-electron chi connectivity index (χ1n) is 8.30. The second-order valence-corrected chi connectivity index (χ2v) is 5.86. The molecule has 3 rings (SSSR count). The van der Waals surface area contributed by atoms with Crippen LogP contribution >= 0.6 is 0 Å². The molecule has 1 aliphatic rings. The predicted octanol–water partition coefficient (Wildman–Crippen LogP) is 1.91. The van der Waals surface area contributed by atoms with Crippen molar-refractivity contribution in [3.8, 4) is 5.88 Å². The smallest absolute Gasteiger partial charge is 0.228 e. The van der Waals surface area contributed by atoms with E-state index in [2.05, 4.69) is 9.97 Å². The van der Waals surface area contributed by atoms with Crippen LogP contribution in [0.5, 0.6) is 5.88 Å². The molecule has 1 aliphatic heterocycles. The Hall–Kier alpha value is -2.70. The number of halogens is 1. The third-order valence-corrected chi connectivity index (χ3v) is 4.31. The van der Waals surface area contributed by atoms with Crippen LogP contribution in [-0.2, 0) is 11.2 Å². The third-order valence-electron chi connectivity index (χ3n) is 4.31. The largest absolute Gasteiger partial charge is 0.481 e. The van der Waals surface area contributed by atoms with Crippen LogP contribution < -0.4 is 9.64 Å². The highest BCUT2D eigenvalue weighted by molar-refractivity contribution is 5.76. The summed E-state index contributed by atoms with van der Waals surface area (Å²) in [6.07, 6.45) is 2.40. The molecule has 6 nitrogen and oxygen atoms in total. The van der Waals surface area contributed by atoms with Crippen molar-refractivity contribution in [2.45, 2.75) is 12.8 Å². The number of nitrogens with zero attached hydrogens (tertiary/aromatic N) is 4. The fourth-order valence-electron chi connectivity index (χ4n) is 2.86. The van der Waals surface area contributed by atoms with E-state index in [9.17, 15) is 9.18 Å². The molecular weight excluding hydrogens is 323 g/mol. The van der Waals surface area contributed by atoms with Gasteiger partial charge in [0, 0.05) is 44.9 Å². The van der Waals surface area contributed by atoms with Crippen LogP contribution in [0, 0.1) is 5.82 Å². The summed E-state index contributed by atoms with van der Waals surface area (Å²) in [5, 5.41) is 0. The van der Waals surface area contributed by atoms with Crippen LogP contribution in [0.2, 0.25) is 0 Å². The van der Waals surface area contributed by atoms with Gasteiger partial charge in [0.15, 0.2) is 0 Å². The summed E-state index contributed by atoms with van der Waals surface area (Å²) in [6.45, 7) is 2.55. The van der Waals surface area contributed by atoms with Gasteiger partial charge in [-0.1, -0.05) is 18.2 Å². The number of aryl methyl sites for hydroxylation is 1. The van der Waals surface area contributed by atoms with Gasteiger partial charge in [-0.25, -0.2) is 9.37 Å². The molecule has 0 aliphatic carbocycles. The quantitative estimate of drug-likeness (QED) is 0.829. The summed E-state index contributed by atoms with van der Waals surface area (Å²) in [7, 11) is 1.57. The second kappa shape index (κ2) is 7.92. The van der Waals surface area contributed by atoms with E-state index in [-0.39, 0.29) is 11.7 Å². The van der Waals surface area contributed by atoms with E-state index in [1.54, 1.807) is 37.6 Å². The lowest BCUT2D eigenvalue weighted by Gasteiger charge is -2.34. The molecule has 1 aromatic heterocycles. The summed E-state index contributed by atoms with van der Waals surface area (Å²) in [5.74, 6) is 0.927. The predicted molar refractivity (Wildman–Crippen MR) is 92.1 cm³/mol. The number of carbonyl (C=O) groups excluding carboxylic acids is 1. The number of hydrogen-bond acceptors (Lipinski definition) is 5. The fourth-order valence-corrected chi connectivity index (χ4v) is 2.86. The molecule has 2 heterocycles. The SMILES string of the molecule is COc1ccnc(N2CCN(C(=O)CCc3ccccc3F)CC2)n1. The van der Waals surface area contributed by atoms with Crippen molar-refractivity contribution in [2.75, 3.05) is 38.2 Å². The second-order valence-electron chi connectivity index (χ2n) is 5.86. The molecular formula is C18H21FN4O2. The van der Waals surface area contributed by atoms with E-state index in [0.29, 0.717) is 56.4 Å². The number of aromatic nitrogens is 2. The molecule has 1 fully saturated rings. The van der Waals surface area contributed by atoms with Gasteiger partial charge in [-0.05, 0) is 18.1 Å². The van der Waals surface area contributed by atoms with E-state index >= 15 is 0 Å². The summed E-state index contributed by atoms with van der Waals surface area (Å²) in [4.78, 5) is 24.8. The Labute approximate surface area is 146 Å². The zero-order valence-corrected chi connectivity index (χ0v) is 14.2. The Kier molecular flexibility index (Phi) is 5.42. The van der Waals surface area contributed by atoms with Crippen LogP contribution in [0.25, 0.3) is 0 Å². The fraction of sp³-hybridized carbons (Fsp3) is 0.389. The van der Waals surface area contributed by atoms with Crippen molar-refractivity contribution in [3.63, 3.8) is 0 Å². The molecule has 0 N–H and O–H groups in total. The Morgan fingerprint density at radius 3 is 2.68 bits per heavy atom. The maximum atomic E-state index is 13.6. The lowest BCUT2D eigenvalue weighted by atomic mass is 10.1. The lowest BCUT2D eigenvalue weighted by Crippen LogP contribution is -2.49. The molecule has 0 atom stereocenters. The van der Waals surface area contributed by atoms with Gasteiger partial charge < -0.3 is 14.5 Å². The molecule has 1 amide bonds. The Bertz CT molecular complexity index is 733. The highest BCUT2D eigenvalue weighted by Gasteiger charge is 2.22. The highest BCUT2D eigenvalue weighted by Crippen LogP contribution is 2.16. The summed E-state index contributed by atoms with van der Waals surface area (Å²) in [5.41, 5.74) is 0.583. The normalized spacial score (nSPS) is 14.5. The van der Waals surface area contributed by atoms with Crippen LogP contribution in [-0.4, -0.2) is 54.1 Å². The average molecular weight is 344 g/mol. The molecule has 0 spiro atoms. The van der Waals surface area contributed by atoms with Crippen LogP contribution in [0.3, 0.4) is 0 Å². The number of ether oxygens (including phenoxy) is 1. The van der Waals surface area contributed by atoms with Crippen LogP contribution in [0.15, 0.2) is 36.5 Å². The average Bonchev–Trinajstić information content (AvgIpc) is 2.67. The van der Waals surface area contributed by atoms with Gasteiger partial charge in [-0.3, -0.25) is 4.79 Å². The standard InChI is InChI=1S/C18H21FN4O2/c1-25-16-8-9-20-18(21-16)23-12-10-22(11-13-23)17(24)7-6-14-4-2-3-5-15(14)19/h2-5,8-9H,6-7,10-13H2,1H3. The molecule has 0 unspecified atom stereocenters. The van der Waals surface area contributed by atoms with Gasteiger partial charge >= 0.3 is 0 Å². The molecule has 0 saturated carbocycles. The first kappa shape index (κ1) is 17.1. The van der Waals surface area contributed by atoms with Gasteiger partial charge in [0.1, 0.15) is 5.82 Å². The minimum atomic E-state index is -0.254. The zero-order chi connectivity index (χ0) is 17.6. The van der Waals surface area contributed by atoms with Gasteiger partial charge in [0.05, 0.1) is 7.11 Å². The summed E-state index contributed by atoms with van der Waals surface area (Å²) in [6, 6.07) is 8.29. The van der Waals surface area contributed by atoms with E-state index in [1.807, 2.05) is 9.80 Å². The van der Waals surface area contributed by atoms with Crippen molar-refractivity contribution < 1.29 is 13.9 Å². The maximum absolute atomic E-state index is 13.6. The number of benzene rings is 1. The van der Waals surface area contributed by atoms with E-state index in [4.69, 9.17) is 4.74 Å². The van der Waals surface area contributed by atoms with Crippen molar-refractivity contribution in [1.82, 2.24) is 14.9 Å². The van der Waals surface area contributed by atoms with Gasteiger partial charge in [0.25, 0.3) is 0 Å². The highest BCUT2D eigenvalue weighted by atomic mass is 19.1. The molecule has 25 heavy (non-hydrogen) atoms. The minimum Gasteiger partial charge on any atom is -0.481 e. The van der Waals surface area contributed by atoms with Gasteiger partial charge in [0.2, 0.25) is 17.7 Å². The van der Waals surface area contributed by atoms with E-state index in [1.165, 1.54) is 6.07 Å². The Balaban J connectivity index is 1.51. The van der Waals surface area contributed by atoms with Crippen molar-refractivity contribution >= 4 is 11.9 Å². The zero-order valence-electron chi connectivity index (χ0n) is 14.2. The first-order valence-corrected chi connectivity index (χ1v) is 8.30. The Morgan fingerprint density at radius 2 is 1.96 bits per heavy atom. The molecule has 132 valence electrons. The van der Waals surface area contributed by atoms with Crippen LogP contribution in [0.4, 0.5) is 10.3 Å². The van der Waals surface area contributed by atoms with Gasteiger partial charge in [-0.2, -0.15) is 4.98 Å².